The van der Waals surface area contributed by atoms with Crippen molar-refractivity contribution >= 4 is 18.4 Å². The van der Waals surface area contributed by atoms with Crippen molar-refractivity contribution in [1.29, 1.82) is 5.26 Å². The molecule has 0 amide bonds. The van der Waals surface area contributed by atoms with Gasteiger partial charge in [0.15, 0.2) is 0 Å². The van der Waals surface area contributed by atoms with E-state index in [1.54, 1.807) is 0 Å². The van der Waals surface area contributed by atoms with Crippen LogP contribution in [0, 0.1) is 11.3 Å². The molecule has 2 rings (SSSR count). The summed E-state index contributed by atoms with van der Waals surface area (Å²) in [6, 6.07) is 11.5. The third-order valence-corrected chi connectivity index (χ3v) is 18.4. The molecule has 1 heterocycles. The summed E-state index contributed by atoms with van der Waals surface area (Å²) < 4.78 is 5.71. The summed E-state index contributed by atoms with van der Waals surface area (Å²) in [7, 11) is -1.58. The van der Waals surface area contributed by atoms with Crippen molar-refractivity contribution in [3.05, 3.63) is 29.8 Å². The number of rotatable bonds is 6. The molecule has 1 aliphatic heterocycles. The highest BCUT2D eigenvalue weighted by Crippen LogP contribution is 2.52. The van der Waals surface area contributed by atoms with E-state index in [4.69, 9.17) is 4.74 Å². The van der Waals surface area contributed by atoms with Crippen molar-refractivity contribution in [3.63, 3.8) is 0 Å². The lowest BCUT2D eigenvalue weighted by Gasteiger charge is -2.42. The maximum absolute atomic E-state index is 10.00. The Labute approximate surface area is 165 Å². The number of hydrogen-bond donors (Lipinski definition) is 0. The van der Waals surface area contributed by atoms with Crippen LogP contribution in [0.25, 0.3) is 0 Å². The highest BCUT2D eigenvalue weighted by molar-refractivity contribution is 8.29. The Kier molecular flexibility index (Phi) is 7.04. The molecule has 1 aromatic carbocycles. The third-order valence-electron chi connectivity index (χ3n) is 6.17. The average molecular weight is 390 g/mol. The molecule has 1 fully saturated rings. The van der Waals surface area contributed by atoms with Crippen molar-refractivity contribution in [2.45, 2.75) is 94.3 Å². The van der Waals surface area contributed by atoms with Gasteiger partial charge in [0.1, 0.15) is 7.22 Å². The van der Waals surface area contributed by atoms with E-state index in [0.717, 1.165) is 12.8 Å². The molecular weight excluding hydrogens is 354 g/mol. The second-order valence-electron chi connectivity index (χ2n) is 8.78. The zero-order chi connectivity index (χ0) is 19.5. The Morgan fingerprint density at radius 1 is 1.15 bits per heavy atom. The fraction of sp³-hybridized carbons (Fsp3) is 0.682. The van der Waals surface area contributed by atoms with Gasteiger partial charge in [-0.15, -0.1) is 0 Å². The predicted molar refractivity (Wildman–Crippen MR) is 115 cm³/mol. The van der Waals surface area contributed by atoms with Crippen molar-refractivity contribution in [2.75, 3.05) is 6.61 Å². The average Bonchev–Trinajstić information content (AvgIpc) is 2.58. The Balaban J connectivity index is 2.41. The SMILES string of the molecule is CC1CC(C#N)(c2cccc(S[Si](C(C)C)(C(C)C)C(C)C)c2)CCO1. The zero-order valence-corrected chi connectivity index (χ0v) is 19.3. The van der Waals surface area contributed by atoms with E-state index in [0.29, 0.717) is 23.2 Å². The summed E-state index contributed by atoms with van der Waals surface area (Å²) in [6.07, 6.45) is 1.73. The van der Waals surface area contributed by atoms with Gasteiger partial charge in [0.2, 0.25) is 0 Å². The minimum Gasteiger partial charge on any atom is -0.378 e. The Bertz CT molecular complexity index is 630. The van der Waals surface area contributed by atoms with E-state index in [9.17, 15) is 5.26 Å². The molecule has 144 valence electrons. The number of nitrogens with zero attached hydrogens (tertiary/aromatic N) is 1. The summed E-state index contributed by atoms with van der Waals surface area (Å²) in [5, 5.41) is 10.00. The lowest BCUT2D eigenvalue weighted by molar-refractivity contribution is 0.00349. The van der Waals surface area contributed by atoms with Crippen LogP contribution >= 0.6 is 11.2 Å². The minimum atomic E-state index is -1.58. The molecule has 4 heteroatoms. The molecular formula is C22H35NOSSi. The second kappa shape index (κ2) is 8.50. The number of hydrogen-bond acceptors (Lipinski definition) is 3. The van der Waals surface area contributed by atoms with E-state index in [-0.39, 0.29) is 6.10 Å². The highest BCUT2D eigenvalue weighted by atomic mass is 32.4. The van der Waals surface area contributed by atoms with Crippen molar-refractivity contribution in [3.8, 4) is 6.07 Å². The van der Waals surface area contributed by atoms with Gasteiger partial charge in [0, 0.05) is 11.5 Å². The molecule has 2 atom stereocenters. The standard InChI is InChI=1S/C22H35NOSSi/c1-16(2)26(17(3)4,18(5)6)25-21-10-8-9-20(13-21)22(15-23)11-12-24-19(7)14-22/h8-10,13,16-19H,11-12,14H2,1-7H3. The first-order valence-corrected chi connectivity index (χ1v) is 13.8. The Morgan fingerprint density at radius 2 is 1.77 bits per heavy atom. The molecule has 2 unspecified atom stereocenters. The van der Waals surface area contributed by atoms with Crippen LogP contribution < -0.4 is 0 Å². The first-order valence-electron chi connectivity index (χ1n) is 10.0. The van der Waals surface area contributed by atoms with Crippen LogP contribution in [0.5, 0.6) is 0 Å². The van der Waals surface area contributed by atoms with Crippen LogP contribution in [0.15, 0.2) is 29.2 Å². The van der Waals surface area contributed by atoms with E-state index in [1.165, 1.54) is 10.5 Å². The molecule has 0 spiro atoms. The summed E-state index contributed by atoms with van der Waals surface area (Å²) in [5.41, 5.74) is 2.92. The van der Waals surface area contributed by atoms with E-state index < -0.39 is 12.6 Å². The summed E-state index contributed by atoms with van der Waals surface area (Å²) in [4.78, 5) is 1.35. The molecule has 2 nitrogen and oxygen atoms in total. The lowest BCUT2D eigenvalue weighted by atomic mass is 9.74. The number of nitriles is 1. The molecule has 0 saturated carbocycles. The largest absolute Gasteiger partial charge is 0.378 e. The molecule has 1 aliphatic rings. The van der Waals surface area contributed by atoms with Gasteiger partial charge >= 0.3 is 0 Å². The fourth-order valence-electron chi connectivity index (χ4n) is 4.93. The van der Waals surface area contributed by atoms with Gasteiger partial charge in [-0.3, -0.25) is 0 Å². The predicted octanol–water partition coefficient (Wildman–Crippen LogP) is 6.91. The van der Waals surface area contributed by atoms with Crippen LogP contribution in [0.1, 0.15) is 66.9 Å². The molecule has 26 heavy (non-hydrogen) atoms. The van der Waals surface area contributed by atoms with Crippen LogP contribution in [-0.2, 0) is 10.2 Å². The first-order chi connectivity index (χ1) is 12.2. The summed E-state index contributed by atoms with van der Waals surface area (Å²) in [5.74, 6) is 0. The van der Waals surface area contributed by atoms with E-state index >= 15 is 0 Å². The van der Waals surface area contributed by atoms with Gasteiger partial charge in [-0.1, -0.05) is 53.7 Å². The lowest BCUT2D eigenvalue weighted by Crippen LogP contribution is -2.41. The van der Waals surface area contributed by atoms with Crippen molar-refractivity contribution in [2.24, 2.45) is 0 Å². The molecule has 0 aliphatic carbocycles. The van der Waals surface area contributed by atoms with Crippen LogP contribution in [-0.4, -0.2) is 19.9 Å². The van der Waals surface area contributed by atoms with Crippen LogP contribution in [0.3, 0.4) is 0 Å². The highest BCUT2D eigenvalue weighted by Gasteiger charge is 2.44. The van der Waals surface area contributed by atoms with Crippen molar-refractivity contribution < 1.29 is 4.74 Å². The topological polar surface area (TPSA) is 33.0 Å². The zero-order valence-electron chi connectivity index (χ0n) is 17.5. The quantitative estimate of drug-likeness (QED) is 0.495. The van der Waals surface area contributed by atoms with Crippen LogP contribution in [0.4, 0.5) is 0 Å². The molecule has 0 radical (unpaired) electrons. The minimum absolute atomic E-state index is 0.148. The number of benzene rings is 1. The third kappa shape index (κ3) is 4.05. The molecule has 1 aromatic rings. The van der Waals surface area contributed by atoms with Gasteiger partial charge < -0.3 is 4.74 Å². The molecule has 0 bridgehead atoms. The smallest absolute Gasteiger partial charge is 0.131 e. The van der Waals surface area contributed by atoms with E-state index in [2.05, 4.69) is 90.0 Å². The normalized spacial score (nSPS) is 24.3. The van der Waals surface area contributed by atoms with Gasteiger partial charge in [-0.05, 0) is 54.1 Å². The summed E-state index contributed by atoms with van der Waals surface area (Å²) >= 11 is 2.15. The molecule has 1 saturated heterocycles. The first kappa shape index (κ1) is 21.5. The molecule has 0 N–H and O–H groups in total. The maximum Gasteiger partial charge on any atom is 0.131 e. The second-order valence-corrected chi connectivity index (χ2v) is 17.4. The fourth-order valence-corrected chi connectivity index (χ4v) is 14.1. The van der Waals surface area contributed by atoms with Gasteiger partial charge in [0.05, 0.1) is 17.6 Å². The van der Waals surface area contributed by atoms with E-state index in [1.807, 2.05) is 0 Å². The maximum atomic E-state index is 10.00. The van der Waals surface area contributed by atoms with Gasteiger partial charge in [-0.2, -0.15) is 16.5 Å². The number of ether oxygens (including phenoxy) is 1. The Morgan fingerprint density at radius 3 is 2.27 bits per heavy atom. The van der Waals surface area contributed by atoms with Gasteiger partial charge in [-0.25, -0.2) is 0 Å². The van der Waals surface area contributed by atoms with Gasteiger partial charge in [0.25, 0.3) is 0 Å². The monoisotopic (exact) mass is 389 g/mol. The Hall–Kier alpha value is -0.763. The van der Waals surface area contributed by atoms with Crippen LogP contribution in [0.2, 0.25) is 16.6 Å². The van der Waals surface area contributed by atoms with Crippen molar-refractivity contribution in [1.82, 2.24) is 0 Å². The molecule has 0 aromatic heterocycles. The summed E-state index contributed by atoms with van der Waals surface area (Å²) in [6.45, 7) is 17.2.